The summed E-state index contributed by atoms with van der Waals surface area (Å²) < 4.78 is 0. The van der Waals surface area contributed by atoms with Crippen LogP contribution in [0.5, 0.6) is 0 Å². The normalized spacial score (nSPS) is 10.9. The van der Waals surface area contributed by atoms with Gasteiger partial charge in [0, 0.05) is 12.0 Å². The first-order valence-corrected chi connectivity index (χ1v) is 6.59. The van der Waals surface area contributed by atoms with Gasteiger partial charge in [0.05, 0.1) is 0 Å². The highest BCUT2D eigenvalue weighted by molar-refractivity contribution is 6.24. The number of ketones is 1. The van der Waals surface area contributed by atoms with E-state index < -0.39 is 29.6 Å². The molecule has 22 heavy (non-hydrogen) atoms. The molecule has 0 unspecified atom stereocenters. The number of hydrogen-bond acceptors (Lipinski definition) is 3. The summed E-state index contributed by atoms with van der Waals surface area (Å²) in [4.78, 5) is 36.0. The average Bonchev–Trinajstić information content (AvgIpc) is 2.53. The number of rotatable bonds is 6. The largest absolute Gasteiger partial charge is 0.480 e. The molecule has 2 rings (SSSR count). The molecule has 0 saturated heterocycles. The highest BCUT2D eigenvalue weighted by Crippen LogP contribution is 2.29. The van der Waals surface area contributed by atoms with Gasteiger partial charge in [-0.3, -0.25) is 14.4 Å². The summed E-state index contributed by atoms with van der Waals surface area (Å²) in [7, 11) is 0. The van der Waals surface area contributed by atoms with Crippen LogP contribution in [0.25, 0.3) is 0 Å². The second kappa shape index (κ2) is 6.22. The van der Waals surface area contributed by atoms with Crippen molar-refractivity contribution in [3.8, 4) is 0 Å². The topological polar surface area (TPSA) is 91.7 Å². The second-order valence-electron chi connectivity index (χ2n) is 4.87. The summed E-state index contributed by atoms with van der Waals surface area (Å²) >= 11 is 0. The zero-order valence-corrected chi connectivity index (χ0v) is 11.6. The minimum Gasteiger partial charge on any atom is -0.480 e. The highest BCUT2D eigenvalue weighted by atomic mass is 16.4. The van der Waals surface area contributed by atoms with Crippen molar-refractivity contribution in [2.45, 2.75) is 6.42 Å². The predicted octanol–water partition coefficient (Wildman–Crippen LogP) is 2.27. The quantitative estimate of drug-likeness (QED) is 0.630. The zero-order valence-electron chi connectivity index (χ0n) is 11.6. The number of carbonyl (C=O) groups excluding carboxylic acids is 1. The Hall–Kier alpha value is -2.95. The molecule has 0 spiro atoms. The Kier molecular flexibility index (Phi) is 4.36. The highest BCUT2D eigenvalue weighted by Gasteiger charge is 2.53. The molecule has 0 radical (unpaired) electrons. The monoisotopic (exact) mass is 298 g/mol. The van der Waals surface area contributed by atoms with E-state index in [0.29, 0.717) is 5.56 Å². The molecule has 0 atom stereocenters. The first-order valence-electron chi connectivity index (χ1n) is 6.59. The number of carboxylic acids is 2. The van der Waals surface area contributed by atoms with E-state index in [9.17, 15) is 24.6 Å². The van der Waals surface area contributed by atoms with Gasteiger partial charge in [0.15, 0.2) is 5.78 Å². The summed E-state index contributed by atoms with van der Waals surface area (Å²) in [5, 5.41) is 19.0. The molecule has 2 aromatic rings. The Morgan fingerprint density at radius 2 is 1.23 bits per heavy atom. The molecule has 112 valence electrons. The second-order valence-corrected chi connectivity index (χ2v) is 4.87. The lowest BCUT2D eigenvalue weighted by Gasteiger charge is -2.23. The van der Waals surface area contributed by atoms with Crippen LogP contribution in [0, 0.1) is 5.41 Å². The van der Waals surface area contributed by atoms with Crippen LogP contribution in [-0.2, 0) is 16.0 Å². The maximum atomic E-state index is 12.6. The molecule has 0 heterocycles. The number of Topliss-reactive ketones (excluding diaryl/α,β-unsaturated/α-hetero) is 1. The minimum atomic E-state index is -2.54. The van der Waals surface area contributed by atoms with Crippen LogP contribution in [0.15, 0.2) is 60.7 Å². The van der Waals surface area contributed by atoms with Crippen molar-refractivity contribution in [3.05, 3.63) is 71.8 Å². The van der Waals surface area contributed by atoms with Crippen LogP contribution in [0.4, 0.5) is 0 Å². The molecular formula is C17H14O5. The van der Waals surface area contributed by atoms with Gasteiger partial charge in [0.1, 0.15) is 0 Å². The van der Waals surface area contributed by atoms with Crippen molar-refractivity contribution in [1.29, 1.82) is 0 Å². The van der Waals surface area contributed by atoms with Gasteiger partial charge in [-0.15, -0.1) is 0 Å². The molecule has 0 fully saturated rings. The van der Waals surface area contributed by atoms with E-state index in [1.807, 2.05) is 0 Å². The van der Waals surface area contributed by atoms with Crippen molar-refractivity contribution >= 4 is 17.7 Å². The van der Waals surface area contributed by atoms with Crippen LogP contribution >= 0.6 is 0 Å². The fourth-order valence-corrected chi connectivity index (χ4v) is 2.26. The Morgan fingerprint density at radius 3 is 1.68 bits per heavy atom. The van der Waals surface area contributed by atoms with E-state index >= 15 is 0 Å². The van der Waals surface area contributed by atoms with Gasteiger partial charge in [-0.25, -0.2) is 0 Å². The molecule has 0 bridgehead atoms. The summed E-state index contributed by atoms with van der Waals surface area (Å²) in [6, 6.07) is 15.9. The molecular weight excluding hydrogens is 284 g/mol. The molecule has 0 aliphatic carbocycles. The third-order valence-electron chi connectivity index (χ3n) is 3.47. The number of benzene rings is 2. The van der Waals surface area contributed by atoms with Crippen molar-refractivity contribution in [1.82, 2.24) is 0 Å². The number of carboxylic acid groups (broad SMARTS) is 2. The van der Waals surface area contributed by atoms with Crippen LogP contribution in [-0.4, -0.2) is 27.9 Å². The van der Waals surface area contributed by atoms with Crippen molar-refractivity contribution in [2.24, 2.45) is 5.41 Å². The summed E-state index contributed by atoms with van der Waals surface area (Å²) in [5.41, 5.74) is -2.01. The first kappa shape index (κ1) is 15.4. The lowest BCUT2D eigenvalue weighted by molar-refractivity contribution is -0.160. The Balaban J connectivity index is 2.53. The number of aliphatic carboxylic acids is 2. The molecule has 2 N–H and O–H groups in total. The van der Waals surface area contributed by atoms with Crippen LogP contribution in [0.3, 0.4) is 0 Å². The summed E-state index contributed by atoms with van der Waals surface area (Å²) in [5.74, 6) is -4.27. The lowest BCUT2D eigenvalue weighted by atomic mass is 9.75. The van der Waals surface area contributed by atoms with Gasteiger partial charge < -0.3 is 10.2 Å². The minimum absolute atomic E-state index is 0.0585. The van der Waals surface area contributed by atoms with E-state index in [2.05, 4.69) is 0 Å². The third kappa shape index (κ3) is 2.74. The summed E-state index contributed by atoms with van der Waals surface area (Å²) in [6.07, 6.45) is -0.410. The Morgan fingerprint density at radius 1 is 0.773 bits per heavy atom. The van der Waals surface area contributed by atoms with Gasteiger partial charge in [0.25, 0.3) is 0 Å². The molecule has 0 saturated carbocycles. The van der Waals surface area contributed by atoms with Crippen LogP contribution in [0.1, 0.15) is 15.9 Å². The smallest absolute Gasteiger partial charge is 0.329 e. The van der Waals surface area contributed by atoms with Crippen molar-refractivity contribution < 1.29 is 24.6 Å². The lowest BCUT2D eigenvalue weighted by Crippen LogP contribution is -2.48. The van der Waals surface area contributed by atoms with Gasteiger partial charge >= 0.3 is 11.9 Å². The standard InChI is InChI=1S/C17H14O5/c18-14(13-9-5-2-6-10-13)17(15(19)20,16(21)22)11-12-7-3-1-4-8-12/h1-10H,11H2,(H,19,20)(H,21,22). The van der Waals surface area contributed by atoms with Gasteiger partial charge in [-0.1, -0.05) is 60.7 Å². The number of hydrogen-bond donors (Lipinski definition) is 2. The van der Waals surface area contributed by atoms with E-state index in [4.69, 9.17) is 0 Å². The molecule has 2 aromatic carbocycles. The van der Waals surface area contributed by atoms with E-state index in [0.717, 1.165) is 0 Å². The van der Waals surface area contributed by atoms with E-state index in [1.165, 1.54) is 12.1 Å². The molecule has 0 aliphatic rings. The molecule has 0 aliphatic heterocycles. The maximum Gasteiger partial charge on any atom is 0.329 e. The molecule has 5 nitrogen and oxygen atoms in total. The Bertz CT molecular complexity index is 678. The Labute approximate surface area is 126 Å². The SMILES string of the molecule is O=C(O)C(Cc1ccccc1)(C(=O)O)C(=O)c1ccccc1. The third-order valence-corrected chi connectivity index (χ3v) is 3.47. The van der Waals surface area contributed by atoms with Crippen molar-refractivity contribution in [2.75, 3.05) is 0 Å². The first-order chi connectivity index (χ1) is 10.5. The maximum absolute atomic E-state index is 12.6. The zero-order chi connectivity index (χ0) is 16.2. The van der Waals surface area contributed by atoms with Gasteiger partial charge in [0.2, 0.25) is 5.41 Å². The molecule has 5 heteroatoms. The van der Waals surface area contributed by atoms with Crippen LogP contribution < -0.4 is 0 Å². The van der Waals surface area contributed by atoms with E-state index in [1.54, 1.807) is 48.5 Å². The van der Waals surface area contributed by atoms with Crippen molar-refractivity contribution in [3.63, 3.8) is 0 Å². The molecule has 0 amide bonds. The average molecular weight is 298 g/mol. The fraction of sp³-hybridized carbons (Fsp3) is 0.118. The van der Waals surface area contributed by atoms with Gasteiger partial charge in [-0.2, -0.15) is 0 Å². The predicted molar refractivity (Wildman–Crippen MR) is 78.6 cm³/mol. The van der Waals surface area contributed by atoms with Crippen LogP contribution in [0.2, 0.25) is 0 Å². The van der Waals surface area contributed by atoms with E-state index in [-0.39, 0.29) is 5.56 Å². The number of carbonyl (C=O) groups is 3. The molecule has 0 aromatic heterocycles. The summed E-state index contributed by atoms with van der Waals surface area (Å²) in [6.45, 7) is 0. The fourth-order valence-electron chi connectivity index (χ4n) is 2.26. The van der Waals surface area contributed by atoms with Gasteiger partial charge in [-0.05, 0) is 5.56 Å².